The largest absolute Gasteiger partial charge is 0.496 e. The maximum atomic E-state index is 11.1. The minimum absolute atomic E-state index is 0.122. The molecule has 1 aromatic carbocycles. The second-order valence-electron chi connectivity index (χ2n) is 3.60. The summed E-state index contributed by atoms with van der Waals surface area (Å²) < 4.78 is 5.02. The third-order valence-electron chi connectivity index (χ3n) is 2.30. The van der Waals surface area contributed by atoms with Gasteiger partial charge in [-0.3, -0.25) is 4.79 Å². The third-order valence-corrected chi connectivity index (χ3v) is 2.30. The highest BCUT2D eigenvalue weighted by Crippen LogP contribution is 2.20. The fraction of sp³-hybridized carbons (Fsp3) is 0.333. The molecule has 16 heavy (non-hydrogen) atoms. The smallest absolute Gasteiger partial charge is 0.252 e. The van der Waals surface area contributed by atoms with E-state index in [1.807, 2.05) is 6.07 Å². The zero-order valence-electron chi connectivity index (χ0n) is 9.45. The zero-order valence-corrected chi connectivity index (χ0v) is 9.45. The maximum Gasteiger partial charge on any atom is 0.252 e. The van der Waals surface area contributed by atoms with E-state index in [1.54, 1.807) is 19.1 Å². The molecule has 1 rings (SSSR count). The number of rotatable bonds is 5. The van der Waals surface area contributed by atoms with E-state index >= 15 is 0 Å². The van der Waals surface area contributed by atoms with Gasteiger partial charge in [-0.25, -0.2) is 0 Å². The van der Waals surface area contributed by atoms with Crippen LogP contribution in [0.25, 0.3) is 0 Å². The SMILES string of the molecule is COc1ccc(CCC(C)=O)cc1C(N)=O. The number of amides is 1. The molecule has 0 radical (unpaired) electrons. The molecule has 1 amide bonds. The van der Waals surface area contributed by atoms with Crippen molar-refractivity contribution >= 4 is 11.7 Å². The topological polar surface area (TPSA) is 69.4 Å². The number of hydrogen-bond donors (Lipinski definition) is 1. The Balaban J connectivity index is 2.93. The van der Waals surface area contributed by atoms with Gasteiger partial charge in [-0.15, -0.1) is 0 Å². The van der Waals surface area contributed by atoms with Crippen LogP contribution in [0.15, 0.2) is 18.2 Å². The molecule has 0 fully saturated rings. The van der Waals surface area contributed by atoms with Crippen LogP contribution in [0.1, 0.15) is 29.3 Å². The van der Waals surface area contributed by atoms with Gasteiger partial charge in [0, 0.05) is 6.42 Å². The minimum Gasteiger partial charge on any atom is -0.496 e. The van der Waals surface area contributed by atoms with E-state index in [1.165, 1.54) is 7.11 Å². The second-order valence-corrected chi connectivity index (χ2v) is 3.60. The Morgan fingerprint density at radius 2 is 2.06 bits per heavy atom. The molecule has 1 aromatic rings. The Kier molecular flexibility index (Phi) is 4.05. The lowest BCUT2D eigenvalue weighted by Crippen LogP contribution is -2.13. The molecular weight excluding hydrogens is 206 g/mol. The van der Waals surface area contributed by atoms with Crippen molar-refractivity contribution in [3.63, 3.8) is 0 Å². The summed E-state index contributed by atoms with van der Waals surface area (Å²) in [5, 5.41) is 0. The van der Waals surface area contributed by atoms with Crippen molar-refractivity contribution in [3.05, 3.63) is 29.3 Å². The van der Waals surface area contributed by atoms with Gasteiger partial charge in [0.2, 0.25) is 0 Å². The normalized spacial score (nSPS) is 9.88. The number of carbonyl (C=O) groups is 2. The van der Waals surface area contributed by atoms with Gasteiger partial charge < -0.3 is 15.3 Å². The molecule has 4 heteroatoms. The number of ketones is 1. The van der Waals surface area contributed by atoms with Crippen molar-refractivity contribution in [2.24, 2.45) is 5.73 Å². The van der Waals surface area contributed by atoms with Gasteiger partial charge in [-0.05, 0) is 31.0 Å². The van der Waals surface area contributed by atoms with E-state index in [0.29, 0.717) is 24.2 Å². The lowest BCUT2D eigenvalue weighted by atomic mass is 10.0. The summed E-state index contributed by atoms with van der Waals surface area (Å²) >= 11 is 0. The van der Waals surface area contributed by atoms with Crippen LogP contribution in [0.3, 0.4) is 0 Å². The molecule has 0 saturated carbocycles. The molecule has 0 aliphatic rings. The molecule has 0 heterocycles. The van der Waals surface area contributed by atoms with Crippen LogP contribution in [0, 0.1) is 0 Å². The van der Waals surface area contributed by atoms with Gasteiger partial charge in [0.25, 0.3) is 5.91 Å². The number of hydrogen-bond acceptors (Lipinski definition) is 3. The Bertz CT molecular complexity index is 413. The van der Waals surface area contributed by atoms with Crippen molar-refractivity contribution in [2.75, 3.05) is 7.11 Å². The lowest BCUT2D eigenvalue weighted by Gasteiger charge is -2.07. The fourth-order valence-corrected chi connectivity index (χ4v) is 1.42. The summed E-state index contributed by atoms with van der Waals surface area (Å²) in [4.78, 5) is 22.0. The van der Waals surface area contributed by atoms with Gasteiger partial charge in [-0.2, -0.15) is 0 Å². The van der Waals surface area contributed by atoms with E-state index in [-0.39, 0.29) is 5.78 Å². The van der Waals surface area contributed by atoms with E-state index in [4.69, 9.17) is 10.5 Å². The summed E-state index contributed by atoms with van der Waals surface area (Å²) in [5.74, 6) is 0.0528. The van der Waals surface area contributed by atoms with Crippen molar-refractivity contribution in [1.82, 2.24) is 0 Å². The van der Waals surface area contributed by atoms with Crippen LogP contribution < -0.4 is 10.5 Å². The van der Waals surface area contributed by atoms with E-state index < -0.39 is 5.91 Å². The maximum absolute atomic E-state index is 11.1. The van der Waals surface area contributed by atoms with Crippen LogP contribution in [0.2, 0.25) is 0 Å². The first-order chi connectivity index (χ1) is 7.54. The predicted octanol–water partition coefficient (Wildman–Crippen LogP) is 1.32. The molecule has 0 saturated heterocycles. The highest BCUT2D eigenvalue weighted by molar-refractivity contribution is 5.95. The highest BCUT2D eigenvalue weighted by Gasteiger charge is 2.09. The summed E-state index contributed by atoms with van der Waals surface area (Å²) in [6.07, 6.45) is 1.07. The third kappa shape index (κ3) is 3.08. The van der Waals surface area contributed by atoms with Gasteiger partial charge >= 0.3 is 0 Å². The molecular formula is C12H15NO3. The molecule has 0 aliphatic heterocycles. The highest BCUT2D eigenvalue weighted by atomic mass is 16.5. The molecule has 0 aliphatic carbocycles. The molecule has 0 atom stereocenters. The predicted molar refractivity (Wildman–Crippen MR) is 60.5 cm³/mol. The van der Waals surface area contributed by atoms with Crippen LogP contribution in [0.4, 0.5) is 0 Å². The molecule has 0 aromatic heterocycles. The number of primary amides is 1. The fourth-order valence-electron chi connectivity index (χ4n) is 1.42. The first kappa shape index (κ1) is 12.2. The van der Waals surface area contributed by atoms with Crippen molar-refractivity contribution < 1.29 is 14.3 Å². The zero-order chi connectivity index (χ0) is 12.1. The average molecular weight is 221 g/mol. The molecule has 2 N–H and O–H groups in total. The minimum atomic E-state index is -0.526. The summed E-state index contributed by atoms with van der Waals surface area (Å²) in [6, 6.07) is 5.19. The monoisotopic (exact) mass is 221 g/mol. The van der Waals surface area contributed by atoms with E-state index in [2.05, 4.69) is 0 Å². The Morgan fingerprint density at radius 3 is 2.56 bits per heavy atom. The second kappa shape index (κ2) is 5.30. The van der Waals surface area contributed by atoms with Crippen molar-refractivity contribution in [3.8, 4) is 5.75 Å². The van der Waals surface area contributed by atoms with Crippen molar-refractivity contribution in [1.29, 1.82) is 0 Å². The number of nitrogens with two attached hydrogens (primary N) is 1. The van der Waals surface area contributed by atoms with Crippen molar-refractivity contribution in [2.45, 2.75) is 19.8 Å². The van der Waals surface area contributed by atoms with Crippen LogP contribution in [-0.2, 0) is 11.2 Å². The Hall–Kier alpha value is -1.84. The lowest BCUT2D eigenvalue weighted by molar-refractivity contribution is -0.116. The number of benzene rings is 1. The summed E-state index contributed by atoms with van der Waals surface area (Å²) in [6.45, 7) is 1.54. The number of ether oxygens (including phenoxy) is 1. The number of Topliss-reactive ketones (excluding diaryl/α,β-unsaturated/α-hetero) is 1. The summed E-state index contributed by atoms with van der Waals surface area (Å²) in [5.41, 5.74) is 6.49. The molecule has 4 nitrogen and oxygen atoms in total. The Morgan fingerprint density at radius 1 is 1.38 bits per heavy atom. The quantitative estimate of drug-likeness (QED) is 0.815. The molecule has 0 unspecified atom stereocenters. The first-order valence-corrected chi connectivity index (χ1v) is 5.00. The van der Waals surface area contributed by atoms with Gasteiger partial charge in [0.05, 0.1) is 12.7 Å². The van der Waals surface area contributed by atoms with E-state index in [9.17, 15) is 9.59 Å². The first-order valence-electron chi connectivity index (χ1n) is 5.00. The number of carbonyl (C=O) groups excluding carboxylic acids is 2. The number of methoxy groups -OCH3 is 1. The van der Waals surface area contributed by atoms with E-state index in [0.717, 1.165) is 5.56 Å². The van der Waals surface area contributed by atoms with Crippen LogP contribution in [0.5, 0.6) is 5.75 Å². The van der Waals surface area contributed by atoms with Gasteiger partial charge in [-0.1, -0.05) is 6.07 Å². The van der Waals surface area contributed by atoms with Gasteiger partial charge in [0.15, 0.2) is 0 Å². The Labute approximate surface area is 94.4 Å². The van der Waals surface area contributed by atoms with Crippen LogP contribution >= 0.6 is 0 Å². The van der Waals surface area contributed by atoms with Gasteiger partial charge in [0.1, 0.15) is 11.5 Å². The molecule has 86 valence electrons. The van der Waals surface area contributed by atoms with Crippen LogP contribution in [-0.4, -0.2) is 18.8 Å². The standard InChI is InChI=1S/C12H15NO3/c1-8(14)3-4-9-5-6-11(16-2)10(7-9)12(13)15/h5-7H,3-4H2,1-2H3,(H2,13,15). The average Bonchev–Trinajstić information content (AvgIpc) is 2.25. The molecule has 0 bridgehead atoms. The number of aryl methyl sites for hydroxylation is 1. The molecule has 0 spiro atoms. The summed E-state index contributed by atoms with van der Waals surface area (Å²) in [7, 11) is 1.48.